The van der Waals surface area contributed by atoms with E-state index in [0.29, 0.717) is 0 Å². The van der Waals surface area contributed by atoms with Gasteiger partial charge in [-0.15, -0.1) is 6.58 Å². The van der Waals surface area contributed by atoms with Crippen molar-refractivity contribution in [3.05, 3.63) is 45.8 Å². The molecule has 0 bridgehead atoms. The van der Waals surface area contributed by atoms with E-state index in [1.807, 2.05) is 4.98 Å². The van der Waals surface area contributed by atoms with Crippen molar-refractivity contribution in [1.29, 1.82) is 0 Å². The number of nitrogens with one attached hydrogen (secondary N) is 1. The molecule has 7 N–H and O–H groups in total. The minimum Gasteiger partial charge on any atom is -0.387 e. The van der Waals surface area contributed by atoms with E-state index in [9.17, 15) is 43.3 Å². The van der Waals surface area contributed by atoms with E-state index < -0.39 is 71.3 Å². The average Bonchev–Trinajstić information content (AvgIpc) is 2.80. The van der Waals surface area contributed by atoms with Gasteiger partial charge in [0.15, 0.2) is 0 Å². The maximum absolute atomic E-state index is 12.0. The molecule has 33 heavy (non-hydrogen) atoms. The molecule has 1 fully saturated rings. The topological polar surface area (TPSA) is 264 Å². The van der Waals surface area contributed by atoms with Gasteiger partial charge in [0, 0.05) is 12.3 Å². The molecule has 1 aromatic heterocycles. The highest BCUT2D eigenvalue weighted by Gasteiger charge is 2.60. The monoisotopic (exact) mass is 538 g/mol. The molecule has 2 rings (SSSR count). The lowest BCUT2D eigenvalue weighted by Crippen LogP contribution is -2.51. The molecule has 2 heterocycles. The average molecular weight is 538 g/mol. The minimum absolute atomic E-state index is 0.412. The van der Waals surface area contributed by atoms with Gasteiger partial charge in [0.2, 0.25) is 0 Å². The van der Waals surface area contributed by atoms with Crippen LogP contribution in [0.2, 0.25) is 0 Å². The predicted molar refractivity (Wildman–Crippen MR) is 106 cm³/mol. The standard InChI is InChI=1S/C13H21N2O15P3/c1-3-13(7-27-32(23,24)30-33(25,26)29-31(20,21)22)10(17)12(2,19)8(28-13)6-15-5-4-9(16)14-11(15)18/h3-5,8,10,17,19H,1,6-7H2,2H3,(H,23,24)(H,25,26)(H,14,16,18)(H2,20,21,22)/t8?,10-,12-,13?/m0/s1. The Morgan fingerprint density at radius 1 is 1.21 bits per heavy atom. The summed E-state index contributed by atoms with van der Waals surface area (Å²) >= 11 is 0. The van der Waals surface area contributed by atoms with E-state index in [0.717, 1.165) is 29.8 Å². The first kappa shape index (κ1) is 28.0. The van der Waals surface area contributed by atoms with Crippen LogP contribution in [0.5, 0.6) is 0 Å². The fourth-order valence-corrected chi connectivity index (χ4v) is 5.98. The highest BCUT2D eigenvalue weighted by atomic mass is 31.3. The third-order valence-corrected chi connectivity index (χ3v) is 8.29. The number of hydrogen-bond acceptors (Lipinski definition) is 11. The summed E-state index contributed by atoms with van der Waals surface area (Å²) in [6.07, 6.45) is -1.31. The van der Waals surface area contributed by atoms with E-state index in [4.69, 9.17) is 14.5 Å². The third kappa shape index (κ3) is 6.87. The van der Waals surface area contributed by atoms with Crippen LogP contribution in [0.15, 0.2) is 34.5 Å². The summed E-state index contributed by atoms with van der Waals surface area (Å²) in [6.45, 7) is 2.95. The lowest BCUT2D eigenvalue weighted by molar-refractivity contribution is -0.0791. The molecule has 0 spiro atoms. The number of H-pyrrole nitrogens is 1. The molecule has 1 aliphatic heterocycles. The van der Waals surface area contributed by atoms with Crippen molar-refractivity contribution in [3.8, 4) is 0 Å². The van der Waals surface area contributed by atoms with Gasteiger partial charge < -0.3 is 34.5 Å². The smallest absolute Gasteiger partial charge is 0.387 e. The Bertz CT molecular complexity index is 1150. The molecule has 0 aromatic carbocycles. The van der Waals surface area contributed by atoms with Crippen LogP contribution in [-0.4, -0.2) is 69.4 Å². The van der Waals surface area contributed by atoms with Crippen LogP contribution < -0.4 is 11.2 Å². The van der Waals surface area contributed by atoms with Gasteiger partial charge in [-0.25, -0.2) is 18.5 Å². The van der Waals surface area contributed by atoms with Crippen LogP contribution in [0.25, 0.3) is 0 Å². The zero-order valence-corrected chi connectivity index (χ0v) is 19.3. The highest BCUT2D eigenvalue weighted by molar-refractivity contribution is 7.66. The Morgan fingerprint density at radius 2 is 1.82 bits per heavy atom. The molecule has 20 heteroatoms. The number of phosphoric ester groups is 1. The van der Waals surface area contributed by atoms with E-state index in [2.05, 4.69) is 19.7 Å². The number of aromatic nitrogens is 2. The number of nitrogens with zero attached hydrogens (tertiary/aromatic N) is 1. The quantitative estimate of drug-likeness (QED) is 0.129. The summed E-state index contributed by atoms with van der Waals surface area (Å²) in [4.78, 5) is 61.0. The number of aliphatic hydroxyl groups is 2. The van der Waals surface area contributed by atoms with Crippen LogP contribution in [-0.2, 0) is 38.1 Å². The summed E-state index contributed by atoms with van der Waals surface area (Å²) in [7, 11) is -17.0. The molecule has 1 aliphatic rings. The molecule has 188 valence electrons. The number of phosphoric acid groups is 3. The van der Waals surface area contributed by atoms with Crippen LogP contribution in [0.3, 0.4) is 0 Å². The second kappa shape index (κ2) is 9.40. The molecular weight excluding hydrogens is 517 g/mol. The normalized spacial score (nSPS) is 31.6. The van der Waals surface area contributed by atoms with Gasteiger partial charge in [-0.1, -0.05) is 6.08 Å². The number of rotatable bonds is 10. The fourth-order valence-electron chi connectivity index (χ4n) is 2.93. The molecule has 6 atom stereocenters. The summed E-state index contributed by atoms with van der Waals surface area (Å²) in [6, 6.07) is 1.01. The van der Waals surface area contributed by atoms with Gasteiger partial charge >= 0.3 is 29.2 Å². The van der Waals surface area contributed by atoms with Crippen molar-refractivity contribution in [3.63, 3.8) is 0 Å². The zero-order valence-electron chi connectivity index (χ0n) is 16.7. The minimum atomic E-state index is -5.78. The summed E-state index contributed by atoms with van der Waals surface area (Å²) in [5.74, 6) is 0. The molecule has 0 aliphatic carbocycles. The van der Waals surface area contributed by atoms with Gasteiger partial charge in [0.05, 0.1) is 13.2 Å². The first-order valence-electron chi connectivity index (χ1n) is 8.62. The number of aromatic amines is 1. The molecular formula is C13H21N2O15P3. The van der Waals surface area contributed by atoms with Gasteiger partial charge in [-0.05, 0) is 6.92 Å². The van der Waals surface area contributed by atoms with E-state index in [-0.39, 0.29) is 0 Å². The largest absolute Gasteiger partial charge is 0.490 e. The molecule has 1 aromatic rings. The first-order chi connectivity index (χ1) is 14.8. The van der Waals surface area contributed by atoms with Gasteiger partial charge in [0.25, 0.3) is 5.56 Å². The van der Waals surface area contributed by atoms with Crippen molar-refractivity contribution in [2.45, 2.75) is 36.9 Å². The number of ether oxygens (including phenoxy) is 1. The van der Waals surface area contributed by atoms with Crippen LogP contribution in [0.1, 0.15) is 6.92 Å². The van der Waals surface area contributed by atoms with E-state index >= 15 is 0 Å². The van der Waals surface area contributed by atoms with Crippen LogP contribution in [0.4, 0.5) is 0 Å². The molecule has 0 amide bonds. The maximum atomic E-state index is 12.0. The van der Waals surface area contributed by atoms with Crippen molar-refractivity contribution >= 4 is 23.5 Å². The number of aliphatic hydroxyl groups excluding tert-OH is 1. The van der Waals surface area contributed by atoms with Gasteiger partial charge in [0.1, 0.15) is 23.4 Å². The third-order valence-electron chi connectivity index (χ3n) is 4.50. The van der Waals surface area contributed by atoms with Crippen LogP contribution in [0, 0.1) is 0 Å². The van der Waals surface area contributed by atoms with Crippen LogP contribution >= 0.6 is 23.5 Å². The lowest BCUT2D eigenvalue weighted by Gasteiger charge is -2.31. The summed E-state index contributed by atoms with van der Waals surface area (Å²) in [5.41, 5.74) is -5.80. The zero-order chi connectivity index (χ0) is 25.5. The highest BCUT2D eigenvalue weighted by Crippen LogP contribution is 2.66. The molecule has 17 nitrogen and oxygen atoms in total. The Morgan fingerprint density at radius 3 is 2.33 bits per heavy atom. The van der Waals surface area contributed by atoms with Crippen molar-refractivity contribution in [1.82, 2.24) is 9.55 Å². The summed E-state index contributed by atoms with van der Waals surface area (Å²) < 4.78 is 52.2. The van der Waals surface area contributed by atoms with Gasteiger partial charge in [-0.3, -0.25) is 18.9 Å². The molecule has 4 unspecified atom stereocenters. The van der Waals surface area contributed by atoms with Gasteiger partial charge in [-0.2, -0.15) is 8.62 Å². The molecule has 0 radical (unpaired) electrons. The first-order valence-corrected chi connectivity index (χ1v) is 13.1. The Labute approximate surface area is 184 Å². The van der Waals surface area contributed by atoms with E-state index in [1.54, 1.807) is 0 Å². The SMILES string of the molecule is C=CC1(COP(=O)(O)OP(=O)(O)OP(=O)(O)O)OC(Cn2ccc(=O)[nH]c2=O)[C@](C)(O)[C@@H]1O. The predicted octanol–water partition coefficient (Wildman–Crippen LogP) is -1.68. The maximum Gasteiger partial charge on any atom is 0.490 e. The second-order valence-corrected chi connectivity index (χ2v) is 11.4. The van der Waals surface area contributed by atoms with Crippen molar-refractivity contribution < 1.29 is 61.4 Å². The Kier molecular flexibility index (Phi) is 7.96. The second-order valence-electron chi connectivity index (χ2n) is 7.02. The molecule has 1 saturated heterocycles. The lowest BCUT2D eigenvalue weighted by atomic mass is 9.86. The Balaban J connectivity index is 2.22. The summed E-state index contributed by atoms with van der Waals surface area (Å²) in [5, 5.41) is 21.3. The van der Waals surface area contributed by atoms with Crippen molar-refractivity contribution in [2.24, 2.45) is 0 Å². The van der Waals surface area contributed by atoms with E-state index in [1.165, 1.54) is 0 Å². The Hall–Kier alpha value is -1.29. The molecule has 0 saturated carbocycles. The van der Waals surface area contributed by atoms with Crippen molar-refractivity contribution in [2.75, 3.05) is 6.61 Å². The number of hydrogen-bond donors (Lipinski definition) is 7. The fraction of sp³-hybridized carbons (Fsp3) is 0.538.